The molecule has 1 unspecified atom stereocenters. The number of benzene rings is 1. The highest BCUT2D eigenvalue weighted by Crippen LogP contribution is 2.44. The van der Waals surface area contributed by atoms with Gasteiger partial charge in [-0.3, -0.25) is 0 Å². The predicted molar refractivity (Wildman–Crippen MR) is 78.7 cm³/mol. The van der Waals surface area contributed by atoms with Crippen molar-refractivity contribution in [2.75, 3.05) is 13.7 Å². The van der Waals surface area contributed by atoms with E-state index in [0.29, 0.717) is 16.6 Å². The third kappa shape index (κ3) is 2.86. The molecule has 0 aromatic heterocycles. The van der Waals surface area contributed by atoms with Gasteiger partial charge in [0.05, 0.1) is 16.1 Å². The minimum atomic E-state index is -0.273. The monoisotopic (exact) mass is 329 g/mol. The van der Waals surface area contributed by atoms with Crippen LogP contribution in [-0.4, -0.2) is 19.3 Å². The van der Waals surface area contributed by atoms with Crippen LogP contribution in [0.5, 0.6) is 0 Å². The molecule has 1 aromatic rings. The van der Waals surface area contributed by atoms with Crippen LogP contribution < -0.4 is 5.32 Å². The minimum absolute atomic E-state index is 0.104. The number of ether oxygens (including phenoxy) is 1. The zero-order valence-electron chi connectivity index (χ0n) is 11.5. The summed E-state index contributed by atoms with van der Waals surface area (Å²) in [7, 11) is 1.88. The van der Waals surface area contributed by atoms with Crippen LogP contribution in [0, 0.1) is 5.82 Å². The molecule has 2 nitrogen and oxygen atoms in total. The van der Waals surface area contributed by atoms with Gasteiger partial charge in [0.1, 0.15) is 5.82 Å². The molecule has 0 aliphatic heterocycles. The van der Waals surface area contributed by atoms with Gasteiger partial charge in [0.25, 0.3) is 0 Å². The Morgan fingerprint density at radius 2 is 2.11 bits per heavy atom. The molecule has 1 aromatic carbocycles. The molecule has 19 heavy (non-hydrogen) atoms. The summed E-state index contributed by atoms with van der Waals surface area (Å²) < 4.78 is 20.9. The lowest BCUT2D eigenvalue weighted by atomic mass is 9.86. The van der Waals surface area contributed by atoms with Crippen molar-refractivity contribution in [3.63, 3.8) is 0 Å². The molecule has 106 valence electrons. The molecule has 0 saturated heterocycles. The van der Waals surface area contributed by atoms with E-state index >= 15 is 0 Å². The largest absolute Gasteiger partial charge is 0.373 e. The van der Waals surface area contributed by atoms with E-state index in [9.17, 15) is 4.39 Å². The maximum absolute atomic E-state index is 14.4. The second-order valence-electron chi connectivity index (χ2n) is 5.07. The van der Waals surface area contributed by atoms with Crippen molar-refractivity contribution in [1.82, 2.24) is 5.32 Å². The molecule has 4 heteroatoms. The summed E-state index contributed by atoms with van der Waals surface area (Å²) in [6.07, 6.45) is 4.26. The maximum Gasteiger partial charge on any atom is 0.142 e. The van der Waals surface area contributed by atoms with Crippen LogP contribution in [0.15, 0.2) is 22.7 Å². The topological polar surface area (TPSA) is 21.3 Å². The Labute approximate surface area is 122 Å². The molecular formula is C15H21BrFNO. The van der Waals surface area contributed by atoms with Crippen LogP contribution in [-0.2, 0) is 4.74 Å². The summed E-state index contributed by atoms with van der Waals surface area (Å²) >= 11 is 3.27. The Morgan fingerprint density at radius 1 is 1.42 bits per heavy atom. The van der Waals surface area contributed by atoms with Gasteiger partial charge in [-0.05, 0) is 48.8 Å². The van der Waals surface area contributed by atoms with Crippen molar-refractivity contribution in [2.24, 2.45) is 0 Å². The average Bonchev–Trinajstić information content (AvgIpc) is 2.85. The van der Waals surface area contributed by atoms with E-state index in [2.05, 4.69) is 21.2 Å². The van der Waals surface area contributed by atoms with E-state index in [1.807, 2.05) is 26.1 Å². The fourth-order valence-electron chi connectivity index (χ4n) is 3.22. The summed E-state index contributed by atoms with van der Waals surface area (Å²) in [6, 6.07) is 5.35. The smallest absolute Gasteiger partial charge is 0.142 e. The standard InChI is InChI=1S/C15H21BrFNO/c1-3-19-15(9-4-5-10-15)14(18-2)11-7-6-8-12(16)13(11)17/h6-8,14,18H,3-5,9-10H2,1-2H3. The minimum Gasteiger partial charge on any atom is -0.373 e. The quantitative estimate of drug-likeness (QED) is 0.874. The molecule has 0 bridgehead atoms. The Bertz CT molecular complexity index is 432. The molecule has 0 amide bonds. The van der Waals surface area contributed by atoms with Crippen LogP contribution in [0.1, 0.15) is 44.2 Å². The Morgan fingerprint density at radius 3 is 2.68 bits per heavy atom. The summed E-state index contributed by atoms with van der Waals surface area (Å²) in [6.45, 7) is 2.66. The zero-order valence-corrected chi connectivity index (χ0v) is 13.1. The van der Waals surface area contributed by atoms with E-state index < -0.39 is 0 Å². The molecule has 1 fully saturated rings. The molecule has 1 N–H and O–H groups in total. The van der Waals surface area contributed by atoms with Crippen molar-refractivity contribution in [3.05, 3.63) is 34.1 Å². The molecule has 1 saturated carbocycles. The fraction of sp³-hybridized carbons (Fsp3) is 0.600. The number of hydrogen-bond acceptors (Lipinski definition) is 2. The van der Waals surface area contributed by atoms with Gasteiger partial charge in [0, 0.05) is 12.2 Å². The van der Waals surface area contributed by atoms with Crippen LogP contribution in [0.4, 0.5) is 4.39 Å². The summed E-state index contributed by atoms with van der Waals surface area (Å²) in [4.78, 5) is 0. The summed E-state index contributed by atoms with van der Waals surface area (Å²) in [5.74, 6) is -0.187. The third-order valence-corrected chi connectivity index (χ3v) is 4.60. The number of nitrogens with one attached hydrogen (secondary N) is 1. The Hall–Kier alpha value is -0.450. The van der Waals surface area contributed by atoms with E-state index in [1.54, 1.807) is 6.07 Å². The second kappa shape index (κ2) is 6.33. The number of halogens is 2. The van der Waals surface area contributed by atoms with Crippen LogP contribution in [0.3, 0.4) is 0 Å². The lowest BCUT2D eigenvalue weighted by molar-refractivity contribution is -0.0617. The van der Waals surface area contributed by atoms with Crippen molar-refractivity contribution in [1.29, 1.82) is 0 Å². The first-order valence-electron chi connectivity index (χ1n) is 6.90. The van der Waals surface area contributed by atoms with Gasteiger partial charge in [-0.2, -0.15) is 0 Å². The first-order valence-corrected chi connectivity index (χ1v) is 7.69. The lowest BCUT2D eigenvalue weighted by Crippen LogP contribution is -2.43. The molecule has 1 atom stereocenters. The van der Waals surface area contributed by atoms with Gasteiger partial charge < -0.3 is 10.1 Å². The van der Waals surface area contributed by atoms with Crippen LogP contribution in [0.2, 0.25) is 0 Å². The zero-order chi connectivity index (χ0) is 13.9. The lowest BCUT2D eigenvalue weighted by Gasteiger charge is -2.37. The highest BCUT2D eigenvalue weighted by atomic mass is 79.9. The van der Waals surface area contributed by atoms with Crippen LogP contribution >= 0.6 is 15.9 Å². The van der Waals surface area contributed by atoms with E-state index in [4.69, 9.17) is 4.74 Å². The fourth-order valence-corrected chi connectivity index (χ4v) is 3.60. The third-order valence-electron chi connectivity index (χ3n) is 3.99. The molecular weight excluding hydrogens is 309 g/mol. The molecule has 1 aliphatic carbocycles. The Kier molecular flexibility index (Phi) is 4.98. The molecule has 0 heterocycles. The highest BCUT2D eigenvalue weighted by Gasteiger charge is 2.43. The summed E-state index contributed by atoms with van der Waals surface area (Å²) in [5.41, 5.74) is 0.415. The number of likely N-dealkylation sites (N-methyl/N-ethyl adjacent to an activating group) is 1. The van der Waals surface area contributed by atoms with Gasteiger partial charge in [-0.25, -0.2) is 4.39 Å². The van der Waals surface area contributed by atoms with E-state index in [0.717, 1.165) is 25.7 Å². The first kappa shape index (κ1) is 14.9. The molecule has 0 spiro atoms. The SMILES string of the molecule is CCOC1(C(NC)c2cccc(Br)c2F)CCCC1. The van der Waals surface area contributed by atoms with Gasteiger partial charge in [0.15, 0.2) is 0 Å². The van der Waals surface area contributed by atoms with E-state index in [-0.39, 0.29) is 17.5 Å². The molecule has 1 aliphatic rings. The first-order chi connectivity index (χ1) is 9.14. The average molecular weight is 330 g/mol. The molecule has 0 radical (unpaired) electrons. The normalized spacial score (nSPS) is 19.6. The van der Waals surface area contributed by atoms with Crippen molar-refractivity contribution in [2.45, 2.75) is 44.2 Å². The van der Waals surface area contributed by atoms with Gasteiger partial charge in [0.2, 0.25) is 0 Å². The number of hydrogen-bond donors (Lipinski definition) is 1. The summed E-state index contributed by atoms with van der Waals surface area (Å²) in [5, 5.41) is 3.27. The van der Waals surface area contributed by atoms with Gasteiger partial charge in [-0.1, -0.05) is 25.0 Å². The Balaban J connectivity index is 2.40. The number of rotatable bonds is 5. The van der Waals surface area contributed by atoms with Crippen molar-refractivity contribution < 1.29 is 9.13 Å². The van der Waals surface area contributed by atoms with E-state index in [1.165, 1.54) is 0 Å². The van der Waals surface area contributed by atoms with Crippen LogP contribution in [0.25, 0.3) is 0 Å². The van der Waals surface area contributed by atoms with Gasteiger partial charge in [-0.15, -0.1) is 0 Å². The second-order valence-corrected chi connectivity index (χ2v) is 5.92. The highest BCUT2D eigenvalue weighted by molar-refractivity contribution is 9.10. The van der Waals surface area contributed by atoms with Crippen molar-refractivity contribution in [3.8, 4) is 0 Å². The molecule has 2 rings (SSSR count). The van der Waals surface area contributed by atoms with Crippen molar-refractivity contribution >= 4 is 15.9 Å². The maximum atomic E-state index is 14.4. The predicted octanol–water partition coefficient (Wildman–Crippen LogP) is 4.20. The van der Waals surface area contributed by atoms with Gasteiger partial charge >= 0.3 is 0 Å².